The summed E-state index contributed by atoms with van der Waals surface area (Å²) in [7, 11) is 0. The van der Waals surface area contributed by atoms with Crippen molar-refractivity contribution in [2.75, 3.05) is 11.5 Å². The van der Waals surface area contributed by atoms with Crippen LogP contribution in [0.5, 0.6) is 0 Å². The number of hydrogen-bond donors (Lipinski definition) is 1. The molecule has 2 heterocycles. The molecule has 1 saturated carbocycles. The summed E-state index contributed by atoms with van der Waals surface area (Å²) in [6.07, 6.45) is 2.31. The van der Waals surface area contributed by atoms with Crippen LogP contribution in [0.3, 0.4) is 0 Å². The molecule has 2 unspecified atom stereocenters. The molecule has 1 aliphatic heterocycles. The number of halogens is 4. The van der Waals surface area contributed by atoms with E-state index in [9.17, 15) is 31.9 Å². The fraction of sp³-hybridized carbons (Fsp3) is 0.459. The minimum Gasteiger partial charge on any atom is -0.349 e. The van der Waals surface area contributed by atoms with Gasteiger partial charge in [-0.15, -0.1) is 0 Å². The first-order chi connectivity index (χ1) is 22.6. The van der Waals surface area contributed by atoms with Crippen molar-refractivity contribution in [1.29, 1.82) is 0 Å². The molecule has 1 N–H and O–H groups in total. The highest BCUT2D eigenvalue weighted by molar-refractivity contribution is 7.99. The lowest BCUT2D eigenvalue weighted by Crippen LogP contribution is -2.41. The molecule has 0 spiro atoms. The molecule has 10 heteroatoms. The highest BCUT2D eigenvalue weighted by Crippen LogP contribution is 2.41. The zero-order valence-electron chi connectivity index (χ0n) is 26.0. The molecule has 1 amide bonds. The van der Waals surface area contributed by atoms with Gasteiger partial charge in [0.05, 0.1) is 17.5 Å². The first-order valence-corrected chi connectivity index (χ1v) is 17.6. The van der Waals surface area contributed by atoms with E-state index in [0.29, 0.717) is 53.6 Å². The van der Waals surface area contributed by atoms with Gasteiger partial charge in [-0.05, 0) is 104 Å². The highest BCUT2D eigenvalue weighted by atomic mass is 32.2. The van der Waals surface area contributed by atoms with Gasteiger partial charge in [-0.2, -0.15) is 24.9 Å². The van der Waals surface area contributed by atoms with Crippen LogP contribution >= 0.6 is 11.8 Å². The zero-order valence-corrected chi connectivity index (χ0v) is 26.8. The van der Waals surface area contributed by atoms with Crippen LogP contribution in [0, 0.1) is 29.5 Å². The van der Waals surface area contributed by atoms with E-state index in [4.69, 9.17) is 0 Å². The van der Waals surface area contributed by atoms with Crippen LogP contribution in [0.15, 0.2) is 60.8 Å². The average molecular weight is 667 g/mol. The Morgan fingerprint density at radius 1 is 0.830 bits per heavy atom. The number of Topliss-reactive ketones (excluding diaryl/α,β-unsaturated/α-hetero) is 2. The summed E-state index contributed by atoms with van der Waals surface area (Å²) < 4.78 is 53.4. The number of thioether (sulfide) groups is 1. The van der Waals surface area contributed by atoms with Crippen LogP contribution in [0.25, 0.3) is 11.1 Å². The summed E-state index contributed by atoms with van der Waals surface area (Å²) in [5.41, 5.74) is 1.54. The summed E-state index contributed by atoms with van der Waals surface area (Å²) in [5, 5.41) is 3.13. The fourth-order valence-corrected chi connectivity index (χ4v) is 8.85. The van der Waals surface area contributed by atoms with Crippen molar-refractivity contribution >= 4 is 29.2 Å². The number of carbonyl (C=O) groups excluding carboxylic acids is 3. The highest BCUT2D eigenvalue weighted by Gasteiger charge is 2.41. The van der Waals surface area contributed by atoms with Gasteiger partial charge in [-0.25, -0.2) is 4.39 Å². The Kier molecular flexibility index (Phi) is 10.2. The van der Waals surface area contributed by atoms with E-state index < -0.39 is 17.6 Å². The van der Waals surface area contributed by atoms with E-state index in [1.807, 2.05) is 11.8 Å². The van der Waals surface area contributed by atoms with Gasteiger partial charge in [0.15, 0.2) is 5.78 Å². The molecule has 0 bridgehead atoms. The van der Waals surface area contributed by atoms with Crippen LogP contribution in [-0.4, -0.2) is 40.0 Å². The molecule has 2 fully saturated rings. The van der Waals surface area contributed by atoms with Crippen LogP contribution < -0.4 is 5.32 Å². The summed E-state index contributed by atoms with van der Waals surface area (Å²) in [5.74, 6) is 0.923. The second kappa shape index (κ2) is 14.3. The topological polar surface area (TPSA) is 76.1 Å². The Balaban J connectivity index is 1.15. The molecule has 248 valence electrons. The van der Waals surface area contributed by atoms with Crippen molar-refractivity contribution in [3.05, 3.63) is 89.0 Å². The lowest BCUT2D eigenvalue weighted by molar-refractivity contribution is -0.137. The Labute approximate surface area is 276 Å². The van der Waals surface area contributed by atoms with Crippen LogP contribution in [0.2, 0.25) is 0 Å². The summed E-state index contributed by atoms with van der Waals surface area (Å²) >= 11 is 1.89. The lowest BCUT2D eigenvalue weighted by Gasteiger charge is -2.37. The van der Waals surface area contributed by atoms with Gasteiger partial charge in [-0.1, -0.05) is 30.3 Å². The molecule has 6 rings (SSSR count). The molecule has 3 aromatic rings. The van der Waals surface area contributed by atoms with E-state index in [2.05, 4.69) is 10.3 Å². The third-order valence-corrected chi connectivity index (χ3v) is 11.3. The lowest BCUT2D eigenvalue weighted by atomic mass is 9.69. The number of rotatable bonds is 5. The summed E-state index contributed by atoms with van der Waals surface area (Å²) in [6.45, 7) is 0. The van der Waals surface area contributed by atoms with Gasteiger partial charge in [0, 0.05) is 41.8 Å². The minimum absolute atomic E-state index is 0.0780. The van der Waals surface area contributed by atoms with E-state index in [-0.39, 0.29) is 53.6 Å². The van der Waals surface area contributed by atoms with Gasteiger partial charge < -0.3 is 5.32 Å². The Hall–Kier alpha value is -3.53. The maximum Gasteiger partial charge on any atom is 0.416 e. The van der Waals surface area contributed by atoms with Gasteiger partial charge in [0.25, 0.3) is 5.91 Å². The Bertz CT molecular complexity index is 1610. The monoisotopic (exact) mass is 666 g/mol. The average Bonchev–Trinajstić information content (AvgIpc) is 3.12. The third-order valence-electron chi connectivity index (χ3n) is 10.3. The maximum absolute atomic E-state index is 14.4. The van der Waals surface area contributed by atoms with Gasteiger partial charge >= 0.3 is 6.18 Å². The fourth-order valence-electron chi connectivity index (χ4n) is 7.70. The quantitative estimate of drug-likeness (QED) is 0.277. The zero-order chi connectivity index (χ0) is 33.1. The minimum atomic E-state index is -4.44. The van der Waals surface area contributed by atoms with Crippen molar-refractivity contribution in [2.45, 2.75) is 70.0 Å². The number of amides is 1. The molecule has 5 nitrogen and oxygen atoms in total. The van der Waals surface area contributed by atoms with E-state index >= 15 is 0 Å². The molecule has 2 aliphatic carbocycles. The number of ketones is 2. The normalized spacial score (nSPS) is 24.5. The predicted octanol–water partition coefficient (Wildman–Crippen LogP) is 8.36. The number of alkyl halides is 3. The number of nitrogens with zero attached hydrogens (tertiary/aromatic N) is 1. The van der Waals surface area contributed by atoms with Crippen molar-refractivity contribution < 1.29 is 31.9 Å². The van der Waals surface area contributed by atoms with Crippen molar-refractivity contribution in [1.82, 2.24) is 10.3 Å². The second-order valence-corrected chi connectivity index (χ2v) is 14.3. The molecular formula is C37H38F4N2O3S. The van der Waals surface area contributed by atoms with E-state index in [0.717, 1.165) is 55.5 Å². The van der Waals surface area contributed by atoms with Crippen LogP contribution in [0.4, 0.5) is 17.6 Å². The molecule has 1 saturated heterocycles. The van der Waals surface area contributed by atoms with Gasteiger partial charge in [0.2, 0.25) is 0 Å². The standard InChI is InChI=1S/C37H38F4N2O3S/c38-26-19-32-33(42-21-26)20-31(24-15-17-47-18-16-24)35(45)29(13-14-34(32)44)23-7-11-27(12-8-23)43-36(46)30-4-2-1-3-28(30)22-5-9-25(10-6-22)37(39,40)41/h1-6,9-10,19,21,23-24,27,29,31H,7-8,11-18,20H2,(H,43,46). The first-order valence-electron chi connectivity index (χ1n) is 16.4. The number of benzene rings is 2. The molecule has 47 heavy (non-hydrogen) atoms. The molecular weight excluding hydrogens is 628 g/mol. The Morgan fingerprint density at radius 3 is 2.21 bits per heavy atom. The van der Waals surface area contributed by atoms with E-state index in [1.165, 1.54) is 18.2 Å². The number of nitrogens with one attached hydrogen (secondary N) is 1. The number of fused-ring (bicyclic) bond motifs is 1. The molecule has 2 aromatic carbocycles. The maximum atomic E-state index is 14.4. The third kappa shape index (κ3) is 7.63. The second-order valence-electron chi connectivity index (χ2n) is 13.1. The van der Waals surface area contributed by atoms with Gasteiger partial charge in [0.1, 0.15) is 11.6 Å². The molecule has 0 radical (unpaired) electrons. The molecule has 3 aliphatic rings. The predicted molar refractivity (Wildman–Crippen MR) is 174 cm³/mol. The Morgan fingerprint density at radius 2 is 1.51 bits per heavy atom. The summed E-state index contributed by atoms with van der Waals surface area (Å²) in [6, 6.07) is 12.8. The molecule has 2 atom stereocenters. The van der Waals surface area contributed by atoms with E-state index in [1.54, 1.807) is 24.3 Å². The first kappa shape index (κ1) is 33.4. The van der Waals surface area contributed by atoms with Crippen LogP contribution in [0.1, 0.15) is 83.3 Å². The number of hydrogen-bond acceptors (Lipinski definition) is 5. The number of carbonyl (C=O) groups is 3. The largest absolute Gasteiger partial charge is 0.416 e. The molecule has 1 aromatic heterocycles. The number of aromatic nitrogens is 1. The summed E-state index contributed by atoms with van der Waals surface area (Å²) in [4.78, 5) is 45.4. The number of pyridine rings is 1. The van der Waals surface area contributed by atoms with Crippen molar-refractivity contribution in [3.63, 3.8) is 0 Å². The van der Waals surface area contributed by atoms with Crippen molar-refractivity contribution in [2.24, 2.45) is 23.7 Å². The van der Waals surface area contributed by atoms with Crippen molar-refractivity contribution in [3.8, 4) is 11.1 Å². The van der Waals surface area contributed by atoms with Crippen LogP contribution in [-0.2, 0) is 17.4 Å². The SMILES string of the molecule is O=C(NC1CCC(C2CCC(=O)c3cc(F)cnc3CC(C3CCSCC3)C2=O)CC1)c1ccccc1-c1ccc(C(F)(F)F)cc1. The smallest absolute Gasteiger partial charge is 0.349 e. The van der Waals surface area contributed by atoms with Gasteiger partial charge in [-0.3, -0.25) is 19.4 Å².